The first-order valence-electron chi connectivity index (χ1n) is 4.86. The predicted octanol–water partition coefficient (Wildman–Crippen LogP) is -0.488. The fourth-order valence-corrected chi connectivity index (χ4v) is 1.22. The minimum absolute atomic E-state index is 0. The van der Waals surface area contributed by atoms with Crippen molar-refractivity contribution in [3.8, 4) is 5.75 Å². The van der Waals surface area contributed by atoms with Crippen LogP contribution < -0.4 is 67.8 Å². The zero-order valence-corrected chi connectivity index (χ0v) is 15.2. The molecule has 0 atom stereocenters. The van der Waals surface area contributed by atoms with Crippen LogP contribution in [-0.2, 0) is 4.79 Å². The molecule has 88 valence electrons. The van der Waals surface area contributed by atoms with Crippen LogP contribution in [0.15, 0.2) is 12.1 Å². The summed E-state index contributed by atoms with van der Waals surface area (Å²) in [6.07, 6.45) is 0. The topological polar surface area (TPSA) is 29.5 Å². The molecule has 6 heteroatoms. The third-order valence-corrected chi connectivity index (χ3v) is 1.96. The number of anilines is 1. The second kappa shape index (κ2) is 7.46. The number of rotatable bonds is 0. The summed E-state index contributed by atoms with van der Waals surface area (Å²) in [5.41, 5.74) is 0.0926. The summed E-state index contributed by atoms with van der Waals surface area (Å²) < 4.78 is 30.7. The van der Waals surface area contributed by atoms with E-state index < -0.39 is 17.5 Å². The van der Waals surface area contributed by atoms with Crippen molar-refractivity contribution >= 4 is 11.6 Å². The SMILES string of the molecule is CC.CN1C(=O)[CH-]Oc2c(F)cc(F)cc21.[Rb+]. The van der Waals surface area contributed by atoms with Crippen LogP contribution in [0.25, 0.3) is 0 Å². The minimum Gasteiger partial charge on any atom is -0.631 e. The van der Waals surface area contributed by atoms with E-state index in [0.717, 1.165) is 17.6 Å². The first kappa shape index (κ1) is 17.0. The van der Waals surface area contributed by atoms with E-state index in [1.165, 1.54) is 7.05 Å². The zero-order chi connectivity index (χ0) is 12.3. The van der Waals surface area contributed by atoms with Crippen molar-refractivity contribution in [1.29, 1.82) is 0 Å². The molecule has 0 fully saturated rings. The van der Waals surface area contributed by atoms with Gasteiger partial charge in [0.1, 0.15) is 17.5 Å². The molecule has 0 radical (unpaired) electrons. The van der Waals surface area contributed by atoms with E-state index in [2.05, 4.69) is 0 Å². The molecule has 1 aliphatic heterocycles. The molecule has 0 aliphatic carbocycles. The Kier molecular flexibility index (Phi) is 7.47. The number of ether oxygens (including phenoxy) is 1. The van der Waals surface area contributed by atoms with E-state index in [4.69, 9.17) is 4.74 Å². The van der Waals surface area contributed by atoms with Crippen LogP contribution in [0.5, 0.6) is 5.75 Å². The van der Waals surface area contributed by atoms with E-state index in [1.807, 2.05) is 13.8 Å². The zero-order valence-electron chi connectivity index (χ0n) is 10.3. The average Bonchev–Trinajstić information content (AvgIpc) is 2.27. The predicted molar refractivity (Wildman–Crippen MR) is 56.0 cm³/mol. The van der Waals surface area contributed by atoms with Crippen molar-refractivity contribution in [2.24, 2.45) is 0 Å². The largest absolute Gasteiger partial charge is 1.00 e. The fraction of sp³-hybridized carbons (Fsp3) is 0.273. The Morgan fingerprint density at radius 3 is 2.47 bits per heavy atom. The van der Waals surface area contributed by atoms with Gasteiger partial charge in [0.2, 0.25) is 0 Å². The normalized spacial score (nSPS) is 12.3. The van der Waals surface area contributed by atoms with Crippen LogP contribution in [0, 0.1) is 18.2 Å². The van der Waals surface area contributed by atoms with Gasteiger partial charge >= 0.3 is 58.2 Å². The van der Waals surface area contributed by atoms with Gasteiger partial charge in [0.25, 0.3) is 0 Å². The van der Waals surface area contributed by atoms with Gasteiger partial charge in [0.05, 0.1) is 5.69 Å². The molecule has 17 heavy (non-hydrogen) atoms. The molecule has 2 rings (SSSR count). The molecular weight excluding hydrogens is 302 g/mol. The number of likely N-dealkylation sites (N-methyl/N-ethyl adjacent to an activating group) is 1. The quantitative estimate of drug-likeness (QED) is 0.605. The van der Waals surface area contributed by atoms with Crippen molar-refractivity contribution in [1.82, 2.24) is 0 Å². The Morgan fingerprint density at radius 1 is 1.29 bits per heavy atom. The van der Waals surface area contributed by atoms with Crippen molar-refractivity contribution in [3.63, 3.8) is 0 Å². The maximum absolute atomic E-state index is 13.1. The van der Waals surface area contributed by atoms with Crippen LogP contribution in [0.4, 0.5) is 14.5 Å². The molecular formula is C11H12F2NO2Rb. The Hall–Kier alpha value is 0.0252. The second-order valence-corrected chi connectivity index (χ2v) is 2.87. The molecule has 0 spiro atoms. The number of hydrogen-bond donors (Lipinski definition) is 0. The molecule has 1 amide bonds. The molecule has 0 saturated carbocycles. The van der Waals surface area contributed by atoms with E-state index >= 15 is 0 Å². The van der Waals surface area contributed by atoms with Gasteiger partial charge in [-0.05, 0) is 0 Å². The third kappa shape index (κ3) is 3.74. The van der Waals surface area contributed by atoms with Crippen LogP contribution in [-0.4, -0.2) is 13.0 Å². The molecule has 0 unspecified atom stereocenters. The minimum atomic E-state index is -0.824. The second-order valence-electron chi connectivity index (χ2n) is 2.87. The van der Waals surface area contributed by atoms with Gasteiger partial charge in [-0.3, -0.25) is 0 Å². The van der Waals surface area contributed by atoms with E-state index in [0.29, 0.717) is 6.07 Å². The van der Waals surface area contributed by atoms with Crippen LogP contribution in [0.2, 0.25) is 0 Å². The number of hydrogen-bond acceptors (Lipinski definition) is 2. The van der Waals surface area contributed by atoms with E-state index in [1.54, 1.807) is 0 Å². The summed E-state index contributed by atoms with van der Waals surface area (Å²) in [5, 5.41) is 0. The van der Waals surface area contributed by atoms with Crippen molar-refractivity contribution in [3.05, 3.63) is 30.4 Å². The van der Waals surface area contributed by atoms with Crippen LogP contribution >= 0.6 is 0 Å². The molecule has 3 nitrogen and oxygen atoms in total. The standard InChI is InChI=1S/C9H6F2NO2.C2H6.Rb/c1-12-7-3-5(10)2-6(11)9(7)14-4-8(12)13;1-2;/h2-4H,1H3;1-2H3;/q-1;;+1. The molecule has 0 bridgehead atoms. The molecule has 1 aromatic carbocycles. The van der Waals surface area contributed by atoms with Crippen molar-refractivity contribution in [2.75, 3.05) is 11.9 Å². The number of carbonyl (C=O) groups excluding carboxylic acids is 1. The number of fused-ring (bicyclic) bond motifs is 1. The van der Waals surface area contributed by atoms with E-state index in [9.17, 15) is 13.6 Å². The van der Waals surface area contributed by atoms with Gasteiger partial charge in [0.15, 0.2) is 5.82 Å². The first-order valence-corrected chi connectivity index (χ1v) is 4.86. The Bertz CT molecular complexity index is 413. The van der Waals surface area contributed by atoms with Crippen molar-refractivity contribution in [2.45, 2.75) is 13.8 Å². The number of halogens is 2. The Labute approximate surface area is 148 Å². The molecule has 0 N–H and O–H groups in total. The van der Waals surface area contributed by atoms with Gasteiger partial charge < -0.3 is 14.4 Å². The summed E-state index contributed by atoms with van der Waals surface area (Å²) in [4.78, 5) is 12.2. The number of nitrogens with zero attached hydrogens (tertiary/aromatic N) is 1. The maximum atomic E-state index is 13.1. The number of carbonyl (C=O) groups is 1. The van der Waals surface area contributed by atoms with Crippen LogP contribution in [0.1, 0.15) is 13.8 Å². The molecule has 1 heterocycles. The maximum Gasteiger partial charge on any atom is 1.00 e. The summed E-state index contributed by atoms with van der Waals surface area (Å²) in [7, 11) is 1.42. The number of benzene rings is 1. The monoisotopic (exact) mass is 313 g/mol. The summed E-state index contributed by atoms with van der Waals surface area (Å²) in [5.74, 6) is -2.15. The van der Waals surface area contributed by atoms with Gasteiger partial charge in [-0.15, -0.1) is 6.61 Å². The van der Waals surface area contributed by atoms with E-state index in [-0.39, 0.29) is 69.6 Å². The van der Waals surface area contributed by atoms with Gasteiger partial charge in [-0.1, -0.05) is 13.8 Å². The van der Waals surface area contributed by atoms with Gasteiger partial charge in [0, 0.05) is 19.2 Å². The smallest absolute Gasteiger partial charge is 0.631 e. The summed E-state index contributed by atoms with van der Waals surface area (Å²) in [6.45, 7) is 4.88. The fourth-order valence-electron chi connectivity index (χ4n) is 1.22. The number of amides is 1. The van der Waals surface area contributed by atoms with Gasteiger partial charge in [-0.2, -0.15) is 0 Å². The van der Waals surface area contributed by atoms with Gasteiger partial charge in [-0.25, -0.2) is 8.78 Å². The summed E-state index contributed by atoms with van der Waals surface area (Å²) in [6, 6.07) is 1.75. The molecule has 1 aromatic rings. The summed E-state index contributed by atoms with van der Waals surface area (Å²) >= 11 is 0. The Balaban J connectivity index is 0.000000811. The van der Waals surface area contributed by atoms with Crippen LogP contribution in [0.3, 0.4) is 0 Å². The molecule has 0 aromatic heterocycles. The Morgan fingerprint density at radius 2 is 1.88 bits per heavy atom. The third-order valence-electron chi connectivity index (χ3n) is 1.96. The van der Waals surface area contributed by atoms with Crippen molar-refractivity contribution < 1.29 is 76.5 Å². The first-order chi connectivity index (χ1) is 7.59. The molecule has 0 saturated heterocycles. The average molecular weight is 314 g/mol. The molecule has 1 aliphatic rings.